The average Bonchev–Trinajstić information content (AvgIpc) is 1.59. The minimum absolute atomic E-state index is 0. The van der Waals surface area contributed by atoms with Crippen LogP contribution in [0.3, 0.4) is 0 Å². The molecule has 1 aromatic heterocycles. The van der Waals surface area contributed by atoms with Crippen molar-refractivity contribution >= 4 is 97.0 Å². The van der Waals surface area contributed by atoms with Gasteiger partial charge in [-0.05, 0) is 0 Å². The second-order valence-electron chi connectivity index (χ2n) is 1.24. The van der Waals surface area contributed by atoms with Crippen molar-refractivity contribution in [3.63, 3.8) is 0 Å². The Morgan fingerprint density at radius 2 is 0.818 bits per heavy atom. The van der Waals surface area contributed by atoms with Crippen molar-refractivity contribution in [1.29, 1.82) is 0 Å². The zero-order chi connectivity index (χ0) is 6.85. The molecule has 0 unspecified atom stereocenters. The normalized spacial score (nSPS) is 7.91. The van der Waals surface area contributed by atoms with Crippen molar-refractivity contribution in [2.75, 3.05) is 0 Å². The van der Waals surface area contributed by atoms with Gasteiger partial charge in [-0.1, -0.05) is 0 Å². The average molecular weight is 225 g/mol. The Morgan fingerprint density at radius 3 is 1.00 bits per heavy atom. The van der Waals surface area contributed by atoms with E-state index >= 15 is 0 Å². The molecule has 0 aliphatic rings. The zero-order valence-corrected chi connectivity index (χ0v) is 6.87. The van der Waals surface area contributed by atoms with Crippen molar-refractivity contribution in [3.8, 4) is 0 Å². The molecule has 0 fully saturated rings. The summed E-state index contributed by atoms with van der Waals surface area (Å²) < 4.78 is 0. The van der Waals surface area contributed by atoms with Gasteiger partial charge in [0.25, 0.3) is 0 Å². The summed E-state index contributed by atoms with van der Waals surface area (Å²) in [7, 11) is 0. The summed E-state index contributed by atoms with van der Waals surface area (Å²) in [4.78, 5) is 11.1. The molecular weight excluding hydrogens is 220 g/mol. The van der Waals surface area contributed by atoms with E-state index in [1.165, 1.54) is 0 Å². The van der Waals surface area contributed by atoms with E-state index in [1.54, 1.807) is 0 Å². The predicted octanol–water partition coefficient (Wildman–Crippen LogP) is -0.559. The molecule has 0 saturated heterocycles. The Hall–Kier alpha value is 2.06. The van der Waals surface area contributed by atoms with Gasteiger partial charge >= 0.3 is 59.1 Å². The van der Waals surface area contributed by atoms with E-state index in [2.05, 4.69) is 52.8 Å². The van der Waals surface area contributed by atoms with Gasteiger partial charge in [0.05, 0.1) is 0 Å². The van der Waals surface area contributed by atoms with Crippen LogP contribution in [0.2, 0.25) is 0 Å². The van der Waals surface area contributed by atoms with Crippen LogP contribution in [-0.4, -0.2) is 74.1 Å². The first kappa shape index (κ1) is 15.5. The number of aromatic nitrogens is 3. The predicted molar refractivity (Wildman–Crippen MR) is 55.9 cm³/mol. The fourth-order valence-corrected chi connectivity index (χ4v) is 1.15. The van der Waals surface area contributed by atoms with E-state index in [-0.39, 0.29) is 59.1 Å². The van der Waals surface area contributed by atoms with Crippen LogP contribution in [0.5, 0.6) is 0 Å². The molecule has 0 atom stereocenters. The topological polar surface area (TPSA) is 38.7 Å². The van der Waals surface area contributed by atoms with Crippen LogP contribution in [0.25, 0.3) is 0 Å². The molecule has 0 amide bonds. The molecule has 11 heavy (non-hydrogen) atoms. The summed E-state index contributed by atoms with van der Waals surface area (Å²) in [6, 6.07) is 0. The number of hydrogen-bond acceptors (Lipinski definition) is 6. The molecule has 0 N–H and O–H groups in total. The Labute approximate surface area is 125 Å². The van der Waals surface area contributed by atoms with Gasteiger partial charge in [-0.25, -0.2) is 0 Å². The van der Waals surface area contributed by atoms with Crippen LogP contribution in [0.15, 0.2) is 15.5 Å². The van der Waals surface area contributed by atoms with Crippen LogP contribution >= 0.6 is 37.9 Å². The summed E-state index contributed by atoms with van der Waals surface area (Å²) in [5, 5.41) is 1.00. The quantitative estimate of drug-likeness (QED) is 0.409. The monoisotopic (exact) mass is 225 g/mol. The molecule has 0 radical (unpaired) electrons. The molecule has 1 heterocycles. The first-order chi connectivity index (χ1) is 4.18. The first-order valence-corrected chi connectivity index (χ1v) is 3.35. The maximum atomic E-state index is 3.86. The van der Waals surface area contributed by atoms with E-state index in [0.717, 1.165) is 0 Å². The van der Waals surface area contributed by atoms with Crippen LogP contribution in [0, 0.1) is 0 Å². The number of thiol groups is 3. The number of nitrogens with zero attached hydrogens (tertiary/aromatic N) is 3. The Bertz CT molecular complexity index is 183. The first-order valence-electron chi connectivity index (χ1n) is 2.01. The summed E-state index contributed by atoms with van der Waals surface area (Å²) in [6.07, 6.45) is 0. The molecular formula is C3H5N3Na2S3. The molecule has 0 aliphatic carbocycles. The Balaban J connectivity index is 0. The molecule has 0 saturated carbocycles. The van der Waals surface area contributed by atoms with Crippen LogP contribution < -0.4 is 0 Å². The summed E-state index contributed by atoms with van der Waals surface area (Å²) in [5.74, 6) is 0. The molecule has 0 spiro atoms. The molecule has 1 aromatic rings. The van der Waals surface area contributed by atoms with Gasteiger partial charge in [0, 0.05) is 0 Å². The van der Waals surface area contributed by atoms with Crippen molar-refractivity contribution in [2.45, 2.75) is 15.5 Å². The van der Waals surface area contributed by atoms with Crippen LogP contribution in [-0.2, 0) is 0 Å². The van der Waals surface area contributed by atoms with Crippen LogP contribution in [0.1, 0.15) is 0 Å². The minimum atomic E-state index is 0. The van der Waals surface area contributed by atoms with Gasteiger partial charge in [0.1, 0.15) is 0 Å². The van der Waals surface area contributed by atoms with E-state index in [9.17, 15) is 0 Å². The molecule has 0 aromatic carbocycles. The van der Waals surface area contributed by atoms with E-state index < -0.39 is 0 Å². The molecule has 0 bridgehead atoms. The number of hydrogen-bond donors (Lipinski definition) is 3. The fourth-order valence-electron chi connectivity index (χ4n) is 0.343. The number of rotatable bonds is 0. The molecule has 0 aliphatic heterocycles. The third-order valence-electron chi connectivity index (χ3n) is 0.600. The zero-order valence-electron chi connectivity index (χ0n) is 4.18. The maximum absolute atomic E-state index is 3.86. The summed E-state index contributed by atoms with van der Waals surface area (Å²) >= 11 is 11.6. The third-order valence-corrected chi connectivity index (χ3v) is 1.20. The Morgan fingerprint density at radius 1 is 0.636 bits per heavy atom. The van der Waals surface area contributed by atoms with Gasteiger partial charge in [-0.2, -0.15) is 15.0 Å². The Kier molecular flexibility index (Phi) is 10.5. The van der Waals surface area contributed by atoms with Gasteiger partial charge in [0.15, 0.2) is 15.5 Å². The van der Waals surface area contributed by atoms with Gasteiger partial charge < -0.3 is 0 Å². The summed E-state index contributed by atoms with van der Waals surface area (Å²) in [6.45, 7) is 0. The van der Waals surface area contributed by atoms with Gasteiger partial charge in [-0.3, -0.25) is 0 Å². The van der Waals surface area contributed by atoms with Crippen molar-refractivity contribution < 1.29 is 0 Å². The van der Waals surface area contributed by atoms with Crippen molar-refractivity contribution in [1.82, 2.24) is 15.0 Å². The van der Waals surface area contributed by atoms with E-state index in [4.69, 9.17) is 0 Å². The second-order valence-corrected chi connectivity index (χ2v) is 2.44. The SMILES string of the molecule is Sc1nc(S)nc(S)n1.[NaH].[NaH]. The van der Waals surface area contributed by atoms with Gasteiger partial charge in [-0.15, -0.1) is 37.9 Å². The van der Waals surface area contributed by atoms with E-state index in [0.29, 0.717) is 15.5 Å². The van der Waals surface area contributed by atoms with Crippen molar-refractivity contribution in [2.24, 2.45) is 0 Å². The third kappa shape index (κ3) is 6.17. The van der Waals surface area contributed by atoms with Crippen LogP contribution in [0.4, 0.5) is 0 Å². The molecule has 52 valence electrons. The van der Waals surface area contributed by atoms with Crippen molar-refractivity contribution in [3.05, 3.63) is 0 Å². The molecule has 1 rings (SSSR count). The van der Waals surface area contributed by atoms with Gasteiger partial charge in [0.2, 0.25) is 0 Å². The second kappa shape index (κ2) is 7.46. The standard InChI is InChI=1S/C3H3N3S3.2Na.2H/c7-1-4-2(8)6-3(9)5-1;;;;/h(H3,4,5,6,7,8,9);;;;. The summed E-state index contributed by atoms with van der Waals surface area (Å²) in [5.41, 5.74) is 0. The fraction of sp³-hybridized carbons (Fsp3) is 0. The molecule has 3 nitrogen and oxygen atoms in total. The van der Waals surface area contributed by atoms with E-state index in [1.807, 2.05) is 0 Å². The molecule has 8 heteroatoms.